The van der Waals surface area contributed by atoms with E-state index in [4.69, 9.17) is 11.6 Å². The maximum absolute atomic E-state index is 12.7. The molecule has 31 heavy (non-hydrogen) atoms. The van der Waals surface area contributed by atoms with Crippen LogP contribution in [0.15, 0.2) is 65.7 Å². The van der Waals surface area contributed by atoms with Crippen LogP contribution >= 0.6 is 22.9 Å². The lowest BCUT2D eigenvalue weighted by molar-refractivity contribution is -0.127. The molecule has 0 spiro atoms. The Morgan fingerprint density at radius 1 is 1.13 bits per heavy atom. The molecule has 4 amide bonds. The highest BCUT2D eigenvalue weighted by molar-refractivity contribution is 7.11. The van der Waals surface area contributed by atoms with E-state index >= 15 is 0 Å². The standard InChI is InChI=1S/C23H18ClN3O3S/c1-14-3-2-4-18(9-14)25-21(28)12-27-22(29)20(26-23(27)30)11-19-10-16(13-31-19)15-5-7-17(24)8-6-15/h2-11,13H,12H2,1H3,(H,25,28)(H,26,30). The van der Waals surface area contributed by atoms with Crippen molar-refractivity contribution in [3.63, 3.8) is 0 Å². The number of amides is 4. The summed E-state index contributed by atoms with van der Waals surface area (Å²) in [6.45, 7) is 1.55. The number of nitrogens with zero attached hydrogens (tertiary/aromatic N) is 1. The van der Waals surface area contributed by atoms with Crippen molar-refractivity contribution < 1.29 is 14.4 Å². The fraction of sp³-hybridized carbons (Fsp3) is 0.0870. The summed E-state index contributed by atoms with van der Waals surface area (Å²) in [5.74, 6) is -0.984. The number of urea groups is 1. The number of rotatable bonds is 5. The zero-order valence-electron chi connectivity index (χ0n) is 16.5. The number of hydrogen-bond donors (Lipinski definition) is 2. The minimum absolute atomic E-state index is 0.137. The molecule has 0 aliphatic carbocycles. The molecule has 1 saturated heterocycles. The second-order valence-corrected chi connectivity index (χ2v) is 8.42. The van der Waals surface area contributed by atoms with Gasteiger partial charge in [0.2, 0.25) is 5.91 Å². The van der Waals surface area contributed by atoms with Crippen LogP contribution in [0.25, 0.3) is 17.2 Å². The van der Waals surface area contributed by atoms with Crippen LogP contribution in [0.5, 0.6) is 0 Å². The summed E-state index contributed by atoms with van der Waals surface area (Å²) in [4.78, 5) is 38.9. The van der Waals surface area contributed by atoms with Crippen LogP contribution in [0.3, 0.4) is 0 Å². The lowest BCUT2D eigenvalue weighted by atomic mass is 10.1. The van der Waals surface area contributed by atoms with Crippen LogP contribution in [0.2, 0.25) is 5.02 Å². The Kier molecular flexibility index (Phi) is 5.88. The van der Waals surface area contributed by atoms with Crippen LogP contribution in [0, 0.1) is 6.92 Å². The van der Waals surface area contributed by atoms with Gasteiger partial charge in [-0.2, -0.15) is 0 Å². The maximum atomic E-state index is 12.7. The topological polar surface area (TPSA) is 78.5 Å². The zero-order chi connectivity index (χ0) is 22.0. The molecule has 0 unspecified atom stereocenters. The Hall–Kier alpha value is -3.42. The highest BCUT2D eigenvalue weighted by atomic mass is 35.5. The molecule has 2 aromatic carbocycles. The molecule has 156 valence electrons. The van der Waals surface area contributed by atoms with E-state index in [-0.39, 0.29) is 12.2 Å². The highest BCUT2D eigenvalue weighted by Gasteiger charge is 2.35. The minimum Gasteiger partial charge on any atom is -0.325 e. The molecular formula is C23H18ClN3O3S. The van der Waals surface area contributed by atoms with Crippen LogP contribution < -0.4 is 10.6 Å². The fourth-order valence-corrected chi connectivity index (χ4v) is 4.12. The Morgan fingerprint density at radius 3 is 2.65 bits per heavy atom. The third kappa shape index (κ3) is 4.84. The highest BCUT2D eigenvalue weighted by Crippen LogP contribution is 2.28. The molecule has 3 aromatic rings. The summed E-state index contributed by atoms with van der Waals surface area (Å²) in [5, 5.41) is 7.87. The summed E-state index contributed by atoms with van der Waals surface area (Å²) in [7, 11) is 0. The summed E-state index contributed by atoms with van der Waals surface area (Å²) in [5.41, 5.74) is 3.73. The number of imide groups is 1. The molecule has 4 rings (SSSR count). The lowest BCUT2D eigenvalue weighted by Crippen LogP contribution is -2.38. The fourth-order valence-electron chi connectivity index (χ4n) is 3.15. The van der Waals surface area contributed by atoms with E-state index in [0.29, 0.717) is 10.7 Å². The van der Waals surface area contributed by atoms with E-state index in [2.05, 4.69) is 10.6 Å². The third-order valence-electron chi connectivity index (χ3n) is 4.65. The summed E-state index contributed by atoms with van der Waals surface area (Å²) < 4.78 is 0. The quantitative estimate of drug-likeness (QED) is 0.427. The molecule has 8 heteroatoms. The van der Waals surface area contributed by atoms with Crippen molar-refractivity contribution in [3.8, 4) is 11.1 Å². The molecule has 6 nitrogen and oxygen atoms in total. The first kappa shape index (κ1) is 20.8. The monoisotopic (exact) mass is 451 g/mol. The number of benzene rings is 2. The number of carbonyl (C=O) groups is 3. The normalized spacial score (nSPS) is 14.8. The van der Waals surface area contributed by atoms with E-state index in [0.717, 1.165) is 26.5 Å². The number of nitrogens with one attached hydrogen (secondary N) is 2. The first-order chi connectivity index (χ1) is 14.9. The molecule has 2 heterocycles. The van der Waals surface area contributed by atoms with Gasteiger partial charge in [0, 0.05) is 15.6 Å². The van der Waals surface area contributed by atoms with Gasteiger partial charge in [0.15, 0.2) is 0 Å². The predicted octanol–water partition coefficient (Wildman–Crippen LogP) is 4.91. The average Bonchev–Trinajstić information content (AvgIpc) is 3.29. The minimum atomic E-state index is -0.620. The molecule has 1 aromatic heterocycles. The Balaban J connectivity index is 1.45. The van der Waals surface area contributed by atoms with E-state index in [1.165, 1.54) is 11.3 Å². The SMILES string of the molecule is Cc1cccc(NC(=O)CN2C(=O)NC(=Cc3cc(-c4ccc(Cl)cc4)cs3)C2=O)c1. The van der Waals surface area contributed by atoms with Crippen molar-refractivity contribution >= 4 is 52.5 Å². The van der Waals surface area contributed by atoms with Crippen molar-refractivity contribution in [2.24, 2.45) is 0 Å². The molecular weight excluding hydrogens is 434 g/mol. The van der Waals surface area contributed by atoms with Crippen LogP contribution in [-0.4, -0.2) is 29.3 Å². The van der Waals surface area contributed by atoms with Crippen molar-refractivity contribution in [1.29, 1.82) is 0 Å². The van der Waals surface area contributed by atoms with Gasteiger partial charge in [-0.1, -0.05) is 35.9 Å². The molecule has 1 aliphatic heterocycles. The van der Waals surface area contributed by atoms with Crippen molar-refractivity contribution in [2.45, 2.75) is 6.92 Å². The van der Waals surface area contributed by atoms with E-state index in [1.807, 2.05) is 60.8 Å². The van der Waals surface area contributed by atoms with E-state index in [9.17, 15) is 14.4 Å². The maximum Gasteiger partial charge on any atom is 0.329 e. The number of hydrogen-bond acceptors (Lipinski definition) is 4. The number of halogens is 1. The first-order valence-corrected chi connectivity index (χ1v) is 10.7. The molecule has 0 bridgehead atoms. The van der Waals surface area contributed by atoms with Gasteiger partial charge in [-0.05, 0) is 65.4 Å². The number of aryl methyl sites for hydroxylation is 1. The molecule has 1 fully saturated rings. The zero-order valence-corrected chi connectivity index (χ0v) is 18.1. The predicted molar refractivity (Wildman–Crippen MR) is 123 cm³/mol. The van der Waals surface area contributed by atoms with Gasteiger partial charge in [0.05, 0.1) is 0 Å². The molecule has 2 N–H and O–H groups in total. The lowest BCUT2D eigenvalue weighted by Gasteiger charge is -2.12. The molecule has 0 atom stereocenters. The number of carbonyl (C=O) groups excluding carboxylic acids is 3. The second-order valence-electron chi connectivity index (χ2n) is 7.04. The van der Waals surface area contributed by atoms with Gasteiger partial charge in [0.25, 0.3) is 5.91 Å². The van der Waals surface area contributed by atoms with Gasteiger partial charge in [0.1, 0.15) is 12.2 Å². The summed E-state index contributed by atoms with van der Waals surface area (Å²) >= 11 is 7.38. The van der Waals surface area contributed by atoms with Crippen LogP contribution in [0.1, 0.15) is 10.4 Å². The Labute approximate surface area is 188 Å². The van der Waals surface area contributed by atoms with Crippen molar-refractivity contribution in [3.05, 3.63) is 81.1 Å². The summed E-state index contributed by atoms with van der Waals surface area (Å²) in [6, 6.07) is 16.0. The van der Waals surface area contributed by atoms with Gasteiger partial charge < -0.3 is 10.6 Å². The largest absolute Gasteiger partial charge is 0.329 e. The number of anilines is 1. The van der Waals surface area contributed by atoms with E-state index < -0.39 is 17.8 Å². The summed E-state index contributed by atoms with van der Waals surface area (Å²) in [6.07, 6.45) is 1.61. The third-order valence-corrected chi connectivity index (χ3v) is 5.78. The molecule has 1 aliphatic rings. The van der Waals surface area contributed by atoms with Crippen molar-refractivity contribution in [1.82, 2.24) is 10.2 Å². The smallest absolute Gasteiger partial charge is 0.325 e. The number of thiophene rings is 1. The van der Waals surface area contributed by atoms with Gasteiger partial charge in [-0.3, -0.25) is 9.59 Å². The molecule has 0 radical (unpaired) electrons. The van der Waals surface area contributed by atoms with Crippen LogP contribution in [0.4, 0.5) is 10.5 Å². The van der Waals surface area contributed by atoms with Gasteiger partial charge >= 0.3 is 6.03 Å². The van der Waals surface area contributed by atoms with Crippen molar-refractivity contribution in [2.75, 3.05) is 11.9 Å². The van der Waals surface area contributed by atoms with Crippen LogP contribution in [-0.2, 0) is 9.59 Å². The molecule has 0 saturated carbocycles. The van der Waals surface area contributed by atoms with Gasteiger partial charge in [-0.25, -0.2) is 9.69 Å². The van der Waals surface area contributed by atoms with Gasteiger partial charge in [-0.15, -0.1) is 11.3 Å². The average molecular weight is 452 g/mol. The second kappa shape index (κ2) is 8.75. The Bertz CT molecular complexity index is 1200. The van der Waals surface area contributed by atoms with E-state index in [1.54, 1.807) is 12.1 Å². The Morgan fingerprint density at radius 2 is 1.90 bits per heavy atom. The first-order valence-electron chi connectivity index (χ1n) is 9.44.